The van der Waals surface area contributed by atoms with Gasteiger partial charge in [-0.3, -0.25) is 4.99 Å². The highest BCUT2D eigenvalue weighted by Gasteiger charge is 1.98. The molecule has 3 nitrogen and oxygen atoms in total. The summed E-state index contributed by atoms with van der Waals surface area (Å²) in [5.41, 5.74) is 2.59. The Kier molecular flexibility index (Phi) is 5.29. The molecular formula is C20H16BrNO2. The van der Waals surface area contributed by atoms with Crippen LogP contribution in [-0.2, 0) is 6.61 Å². The maximum Gasteiger partial charge on any atom is 0.141 e. The third kappa shape index (κ3) is 4.46. The zero-order valence-corrected chi connectivity index (χ0v) is 14.5. The fourth-order valence-corrected chi connectivity index (χ4v) is 2.61. The van der Waals surface area contributed by atoms with E-state index in [1.807, 2.05) is 54.6 Å². The Morgan fingerprint density at radius 3 is 2.50 bits per heavy atom. The van der Waals surface area contributed by atoms with E-state index in [4.69, 9.17) is 4.74 Å². The van der Waals surface area contributed by atoms with E-state index in [1.165, 1.54) is 0 Å². The van der Waals surface area contributed by atoms with Crippen molar-refractivity contribution in [2.24, 2.45) is 4.99 Å². The van der Waals surface area contributed by atoms with E-state index in [0.717, 1.165) is 21.3 Å². The van der Waals surface area contributed by atoms with Gasteiger partial charge >= 0.3 is 0 Å². The molecule has 0 saturated heterocycles. The number of aromatic hydroxyl groups is 1. The fourth-order valence-electron chi connectivity index (χ4n) is 2.16. The van der Waals surface area contributed by atoms with Gasteiger partial charge in [-0.25, -0.2) is 0 Å². The number of aliphatic imine (C=N–C) groups is 1. The van der Waals surface area contributed by atoms with E-state index in [2.05, 4.69) is 20.9 Å². The molecular weight excluding hydrogens is 366 g/mol. The molecule has 0 fully saturated rings. The number of hydrogen-bond acceptors (Lipinski definition) is 3. The summed E-state index contributed by atoms with van der Waals surface area (Å²) >= 11 is 3.45. The van der Waals surface area contributed by atoms with Gasteiger partial charge in [-0.05, 0) is 59.7 Å². The molecule has 3 aromatic carbocycles. The average Bonchev–Trinajstić information content (AvgIpc) is 2.60. The van der Waals surface area contributed by atoms with Crippen molar-refractivity contribution in [1.29, 1.82) is 0 Å². The minimum atomic E-state index is 0.169. The smallest absolute Gasteiger partial charge is 0.141 e. The summed E-state index contributed by atoms with van der Waals surface area (Å²) in [4.78, 5) is 4.29. The normalized spacial score (nSPS) is 10.9. The third-order valence-corrected chi connectivity index (χ3v) is 3.90. The zero-order chi connectivity index (χ0) is 16.8. The van der Waals surface area contributed by atoms with E-state index in [1.54, 1.807) is 24.4 Å². The molecule has 0 saturated carbocycles. The Morgan fingerprint density at radius 2 is 1.75 bits per heavy atom. The Balaban J connectivity index is 1.62. The summed E-state index contributed by atoms with van der Waals surface area (Å²) in [7, 11) is 0. The number of phenolic OH excluding ortho intramolecular Hbond substituents is 1. The van der Waals surface area contributed by atoms with Gasteiger partial charge in [-0.15, -0.1) is 0 Å². The van der Waals surface area contributed by atoms with Crippen molar-refractivity contribution in [1.82, 2.24) is 0 Å². The highest BCUT2D eigenvalue weighted by Crippen LogP contribution is 2.24. The van der Waals surface area contributed by atoms with Gasteiger partial charge in [0.05, 0.1) is 0 Å². The number of phenols is 1. The lowest BCUT2D eigenvalue weighted by Crippen LogP contribution is -1.95. The molecule has 24 heavy (non-hydrogen) atoms. The summed E-state index contributed by atoms with van der Waals surface area (Å²) in [6, 6.07) is 22.7. The first-order valence-corrected chi connectivity index (χ1v) is 8.29. The van der Waals surface area contributed by atoms with Crippen molar-refractivity contribution in [2.45, 2.75) is 6.61 Å². The summed E-state index contributed by atoms with van der Waals surface area (Å²) in [6.07, 6.45) is 1.72. The molecule has 1 N–H and O–H groups in total. The molecule has 0 spiro atoms. The second-order valence-electron chi connectivity index (χ2n) is 5.23. The second-order valence-corrected chi connectivity index (χ2v) is 6.15. The van der Waals surface area contributed by atoms with Crippen LogP contribution >= 0.6 is 15.9 Å². The van der Waals surface area contributed by atoms with Crippen molar-refractivity contribution in [3.63, 3.8) is 0 Å². The average molecular weight is 382 g/mol. The molecule has 0 heterocycles. The van der Waals surface area contributed by atoms with Crippen LogP contribution in [0, 0.1) is 0 Å². The summed E-state index contributed by atoms with van der Waals surface area (Å²) in [5, 5.41) is 9.69. The van der Waals surface area contributed by atoms with Crippen LogP contribution in [0.15, 0.2) is 82.3 Å². The van der Waals surface area contributed by atoms with Gasteiger partial charge in [0.25, 0.3) is 0 Å². The van der Waals surface area contributed by atoms with Gasteiger partial charge < -0.3 is 9.84 Å². The summed E-state index contributed by atoms with van der Waals surface area (Å²) in [6.45, 7) is 0.519. The number of benzene rings is 3. The fraction of sp³-hybridized carbons (Fsp3) is 0.0500. The molecule has 4 heteroatoms. The van der Waals surface area contributed by atoms with Crippen molar-refractivity contribution >= 4 is 27.8 Å². The Morgan fingerprint density at radius 1 is 0.958 bits per heavy atom. The number of halogens is 1. The van der Waals surface area contributed by atoms with E-state index in [9.17, 15) is 5.11 Å². The van der Waals surface area contributed by atoms with Gasteiger partial charge in [-0.2, -0.15) is 0 Å². The van der Waals surface area contributed by atoms with Gasteiger partial charge in [-0.1, -0.05) is 40.2 Å². The van der Waals surface area contributed by atoms with Gasteiger partial charge in [0.2, 0.25) is 0 Å². The lowest BCUT2D eigenvalue weighted by atomic mass is 10.2. The number of rotatable bonds is 5. The highest BCUT2D eigenvalue weighted by atomic mass is 79.9. The molecule has 0 aliphatic rings. The quantitative estimate of drug-likeness (QED) is 0.594. The first-order valence-electron chi connectivity index (χ1n) is 7.50. The van der Waals surface area contributed by atoms with E-state index in [0.29, 0.717) is 12.3 Å². The van der Waals surface area contributed by atoms with E-state index >= 15 is 0 Å². The zero-order valence-electron chi connectivity index (χ0n) is 12.9. The van der Waals surface area contributed by atoms with Crippen LogP contribution in [0.2, 0.25) is 0 Å². The topological polar surface area (TPSA) is 41.8 Å². The summed E-state index contributed by atoms with van der Waals surface area (Å²) in [5.74, 6) is 0.970. The Hall–Kier alpha value is -2.59. The van der Waals surface area contributed by atoms with E-state index in [-0.39, 0.29) is 5.75 Å². The SMILES string of the molecule is Oc1ccccc1N=Cc1ccc(OCc2cccc(Br)c2)cc1. The monoisotopic (exact) mass is 381 g/mol. The molecule has 120 valence electrons. The molecule has 0 aliphatic heterocycles. The predicted molar refractivity (Wildman–Crippen MR) is 100 cm³/mol. The Labute approximate surface area is 149 Å². The predicted octanol–water partition coefficient (Wildman–Crippen LogP) is 5.48. The lowest BCUT2D eigenvalue weighted by molar-refractivity contribution is 0.306. The van der Waals surface area contributed by atoms with Crippen molar-refractivity contribution in [3.8, 4) is 11.5 Å². The van der Waals surface area contributed by atoms with Gasteiger partial charge in [0, 0.05) is 10.7 Å². The minimum Gasteiger partial charge on any atom is -0.506 e. The van der Waals surface area contributed by atoms with Crippen LogP contribution in [0.3, 0.4) is 0 Å². The molecule has 0 bridgehead atoms. The first-order chi connectivity index (χ1) is 11.7. The molecule has 3 rings (SSSR count). The van der Waals surface area contributed by atoms with Crippen LogP contribution in [-0.4, -0.2) is 11.3 Å². The molecule has 0 aromatic heterocycles. The van der Waals surface area contributed by atoms with Crippen LogP contribution in [0.25, 0.3) is 0 Å². The number of ether oxygens (including phenoxy) is 1. The van der Waals surface area contributed by atoms with Gasteiger partial charge in [0.1, 0.15) is 23.8 Å². The molecule has 0 atom stereocenters. The lowest BCUT2D eigenvalue weighted by Gasteiger charge is -2.07. The van der Waals surface area contributed by atoms with Crippen molar-refractivity contribution in [2.75, 3.05) is 0 Å². The van der Waals surface area contributed by atoms with Crippen LogP contribution in [0.4, 0.5) is 5.69 Å². The third-order valence-electron chi connectivity index (χ3n) is 3.41. The Bertz CT molecular complexity index is 844. The largest absolute Gasteiger partial charge is 0.506 e. The number of hydrogen-bond donors (Lipinski definition) is 1. The molecule has 0 amide bonds. The molecule has 0 radical (unpaired) electrons. The maximum absolute atomic E-state index is 9.69. The molecule has 3 aromatic rings. The standard InChI is InChI=1S/C20H16BrNO2/c21-17-5-3-4-16(12-17)14-24-18-10-8-15(9-11-18)13-22-19-6-1-2-7-20(19)23/h1-13,23H,14H2. The van der Waals surface area contributed by atoms with E-state index < -0.39 is 0 Å². The second kappa shape index (κ2) is 7.79. The van der Waals surface area contributed by atoms with Crippen LogP contribution in [0.1, 0.15) is 11.1 Å². The van der Waals surface area contributed by atoms with Crippen molar-refractivity contribution in [3.05, 3.63) is 88.4 Å². The number of para-hydroxylation sites is 2. The molecule has 0 unspecified atom stereocenters. The first kappa shape index (κ1) is 16.3. The van der Waals surface area contributed by atoms with Crippen molar-refractivity contribution < 1.29 is 9.84 Å². The number of nitrogens with zero attached hydrogens (tertiary/aromatic N) is 1. The van der Waals surface area contributed by atoms with Crippen LogP contribution in [0.5, 0.6) is 11.5 Å². The summed E-state index contributed by atoms with van der Waals surface area (Å²) < 4.78 is 6.82. The van der Waals surface area contributed by atoms with Crippen LogP contribution < -0.4 is 4.74 Å². The minimum absolute atomic E-state index is 0.169. The highest BCUT2D eigenvalue weighted by molar-refractivity contribution is 9.10. The maximum atomic E-state index is 9.69. The molecule has 0 aliphatic carbocycles. The van der Waals surface area contributed by atoms with Gasteiger partial charge in [0.15, 0.2) is 0 Å².